The van der Waals surface area contributed by atoms with E-state index in [1.165, 1.54) is 27.8 Å². The molecule has 3 heteroatoms. The predicted octanol–water partition coefficient (Wildman–Crippen LogP) is 13.5. The van der Waals surface area contributed by atoms with E-state index in [0.717, 1.165) is 50.0 Å². The zero-order valence-corrected chi connectivity index (χ0v) is 29.8. The number of aromatic nitrogens is 1. The maximum Gasteiger partial charge on any atom is 0.177 e. The molecule has 2 heterocycles. The van der Waals surface area contributed by atoms with Gasteiger partial charge in [0, 0.05) is 16.5 Å². The maximum absolute atomic E-state index is 6.92. The quantitative estimate of drug-likeness (QED) is 0.179. The van der Waals surface area contributed by atoms with E-state index in [1.807, 2.05) is 30.3 Å². The van der Waals surface area contributed by atoms with Crippen molar-refractivity contribution in [3.63, 3.8) is 0 Å². The highest BCUT2D eigenvalue weighted by Gasteiger charge is 2.47. The van der Waals surface area contributed by atoms with E-state index in [2.05, 4.69) is 170 Å². The summed E-state index contributed by atoms with van der Waals surface area (Å²) in [5.41, 5.74) is 14.0. The summed E-state index contributed by atoms with van der Waals surface area (Å²) in [5, 5.41) is 1.11. The van der Waals surface area contributed by atoms with Gasteiger partial charge in [-0.1, -0.05) is 164 Å². The van der Waals surface area contributed by atoms with Crippen LogP contribution in [0.3, 0.4) is 0 Å². The summed E-state index contributed by atoms with van der Waals surface area (Å²) in [4.78, 5) is 5.04. The summed E-state index contributed by atoms with van der Waals surface area (Å²) >= 11 is 0. The molecule has 258 valence electrons. The van der Waals surface area contributed by atoms with Crippen molar-refractivity contribution in [1.29, 1.82) is 0 Å². The predicted molar refractivity (Wildman–Crippen MR) is 222 cm³/mol. The lowest BCUT2D eigenvalue weighted by atomic mass is 9.67. The number of rotatable bonds is 5. The Bertz CT molecular complexity index is 2880. The minimum atomic E-state index is -0.518. The maximum atomic E-state index is 6.92. The minimum Gasteiger partial charge on any atom is -0.449 e. The number of hydrogen-bond acceptors (Lipinski definition) is 3. The highest BCUT2D eigenvalue weighted by Crippen LogP contribution is 2.60. The summed E-state index contributed by atoms with van der Waals surface area (Å²) in [6.45, 7) is 0. The molecule has 1 aromatic heterocycles. The summed E-state index contributed by atoms with van der Waals surface area (Å²) in [6.07, 6.45) is 0. The van der Waals surface area contributed by atoms with Gasteiger partial charge in [0.05, 0.1) is 16.6 Å². The molecule has 0 fully saturated rings. The van der Waals surface area contributed by atoms with Crippen molar-refractivity contribution >= 4 is 10.9 Å². The molecular formula is C52H33NO2. The standard InChI is InChI=1S/C52H33NO2/c1-4-15-34(16-5-1)46-30-29-42-39(24-13-27-47(42)53-46)35-17-12-18-36(31-35)40-25-14-28-48-51(40)55-49-32-43-41-23-10-11-26-44(41)52(37-19-6-2-7-20-37,38-21-8-3-9-22-38)45(43)33-50(49)54-48/h1-33H. The first-order valence-electron chi connectivity index (χ1n) is 18.7. The van der Waals surface area contributed by atoms with Crippen LogP contribution in [0.4, 0.5) is 0 Å². The zero-order chi connectivity index (χ0) is 36.3. The second-order valence-electron chi connectivity index (χ2n) is 14.2. The van der Waals surface area contributed by atoms with Crippen LogP contribution in [0.1, 0.15) is 22.3 Å². The van der Waals surface area contributed by atoms with Gasteiger partial charge in [-0.05, 0) is 86.5 Å². The molecule has 0 bridgehead atoms. The minimum absolute atomic E-state index is 0.518. The van der Waals surface area contributed by atoms with Crippen LogP contribution >= 0.6 is 0 Å². The fourth-order valence-corrected chi connectivity index (χ4v) is 8.80. The molecule has 55 heavy (non-hydrogen) atoms. The molecule has 2 aliphatic rings. The molecule has 0 amide bonds. The van der Waals surface area contributed by atoms with Crippen molar-refractivity contribution in [1.82, 2.24) is 4.98 Å². The van der Waals surface area contributed by atoms with Gasteiger partial charge in [-0.2, -0.15) is 0 Å². The molecule has 0 unspecified atom stereocenters. The zero-order valence-electron chi connectivity index (χ0n) is 29.8. The van der Waals surface area contributed by atoms with Gasteiger partial charge in [0.1, 0.15) is 0 Å². The van der Waals surface area contributed by atoms with Crippen molar-refractivity contribution in [2.24, 2.45) is 0 Å². The van der Waals surface area contributed by atoms with Crippen LogP contribution < -0.4 is 9.47 Å². The Morgan fingerprint density at radius 2 is 0.964 bits per heavy atom. The number of pyridine rings is 1. The van der Waals surface area contributed by atoms with Gasteiger partial charge in [-0.3, -0.25) is 0 Å². The molecule has 0 atom stereocenters. The fraction of sp³-hybridized carbons (Fsp3) is 0.0192. The molecule has 1 aliphatic carbocycles. The number of fused-ring (bicyclic) bond motifs is 6. The Hall–Kier alpha value is -7.23. The van der Waals surface area contributed by atoms with Crippen molar-refractivity contribution in [3.05, 3.63) is 222 Å². The van der Waals surface area contributed by atoms with Gasteiger partial charge in [0.15, 0.2) is 23.0 Å². The molecule has 3 nitrogen and oxygen atoms in total. The third kappa shape index (κ3) is 4.87. The van der Waals surface area contributed by atoms with Crippen molar-refractivity contribution in [2.45, 2.75) is 5.41 Å². The van der Waals surface area contributed by atoms with Crippen LogP contribution in [0.15, 0.2) is 200 Å². The molecule has 9 aromatic rings. The number of para-hydroxylation sites is 1. The molecule has 1 aliphatic heterocycles. The Labute approximate surface area is 319 Å². The number of benzene rings is 8. The summed E-state index contributed by atoms with van der Waals surface area (Å²) in [6, 6.07) is 70.6. The van der Waals surface area contributed by atoms with Crippen LogP contribution in [0.5, 0.6) is 23.0 Å². The molecule has 0 spiro atoms. The van der Waals surface area contributed by atoms with Gasteiger partial charge >= 0.3 is 0 Å². The third-order valence-electron chi connectivity index (χ3n) is 11.2. The van der Waals surface area contributed by atoms with Crippen molar-refractivity contribution in [3.8, 4) is 67.6 Å². The number of nitrogens with zero attached hydrogens (tertiary/aromatic N) is 1. The summed E-state index contributed by atoms with van der Waals surface area (Å²) < 4.78 is 13.7. The first kappa shape index (κ1) is 31.3. The van der Waals surface area contributed by atoms with Crippen LogP contribution in [-0.2, 0) is 5.41 Å². The summed E-state index contributed by atoms with van der Waals surface area (Å²) in [5.74, 6) is 2.82. The Balaban J connectivity index is 1.01. The molecule has 0 saturated heterocycles. The van der Waals surface area contributed by atoms with Crippen LogP contribution in [-0.4, -0.2) is 4.98 Å². The first-order valence-corrected chi connectivity index (χ1v) is 18.7. The van der Waals surface area contributed by atoms with Crippen LogP contribution in [0, 0.1) is 0 Å². The van der Waals surface area contributed by atoms with Gasteiger partial charge < -0.3 is 9.47 Å². The second kappa shape index (κ2) is 12.4. The Kier molecular flexibility index (Phi) is 7.08. The molecule has 11 rings (SSSR count). The van der Waals surface area contributed by atoms with Gasteiger partial charge in [-0.15, -0.1) is 0 Å². The SMILES string of the molecule is c1ccc(-c2ccc3c(-c4cccc(-c5cccc6c5Oc5cc7c(cc5O6)C(c5ccccc5)(c5ccccc5)c5ccccc5-7)c4)cccc3n2)cc1. The average Bonchev–Trinajstić information content (AvgIpc) is 3.55. The average molecular weight is 704 g/mol. The van der Waals surface area contributed by atoms with Gasteiger partial charge in [-0.25, -0.2) is 4.98 Å². The lowest BCUT2D eigenvalue weighted by Crippen LogP contribution is -2.28. The third-order valence-corrected chi connectivity index (χ3v) is 11.2. The van der Waals surface area contributed by atoms with E-state index in [0.29, 0.717) is 23.0 Å². The smallest absolute Gasteiger partial charge is 0.177 e. The second-order valence-corrected chi connectivity index (χ2v) is 14.2. The van der Waals surface area contributed by atoms with E-state index in [-0.39, 0.29) is 0 Å². The fourth-order valence-electron chi connectivity index (χ4n) is 8.80. The van der Waals surface area contributed by atoms with E-state index >= 15 is 0 Å². The lowest BCUT2D eigenvalue weighted by Gasteiger charge is -2.34. The largest absolute Gasteiger partial charge is 0.449 e. The lowest BCUT2D eigenvalue weighted by molar-refractivity contribution is 0.360. The number of ether oxygens (including phenoxy) is 2. The molecule has 0 radical (unpaired) electrons. The normalized spacial score (nSPS) is 13.2. The van der Waals surface area contributed by atoms with E-state index in [9.17, 15) is 0 Å². The first-order chi connectivity index (χ1) is 27.3. The van der Waals surface area contributed by atoms with Crippen molar-refractivity contribution < 1.29 is 9.47 Å². The highest BCUT2D eigenvalue weighted by molar-refractivity contribution is 5.97. The molecule has 0 N–H and O–H groups in total. The topological polar surface area (TPSA) is 31.4 Å². The Morgan fingerprint density at radius 1 is 0.364 bits per heavy atom. The molecule has 8 aromatic carbocycles. The monoisotopic (exact) mass is 703 g/mol. The van der Waals surface area contributed by atoms with Gasteiger partial charge in [0.2, 0.25) is 0 Å². The number of hydrogen-bond donors (Lipinski definition) is 0. The van der Waals surface area contributed by atoms with E-state index < -0.39 is 5.41 Å². The Morgan fingerprint density at radius 3 is 1.75 bits per heavy atom. The van der Waals surface area contributed by atoms with Crippen LogP contribution in [0.2, 0.25) is 0 Å². The molecule has 0 saturated carbocycles. The van der Waals surface area contributed by atoms with Crippen molar-refractivity contribution in [2.75, 3.05) is 0 Å². The van der Waals surface area contributed by atoms with Gasteiger partial charge in [0.25, 0.3) is 0 Å². The highest BCUT2D eigenvalue weighted by atomic mass is 16.6. The summed E-state index contributed by atoms with van der Waals surface area (Å²) in [7, 11) is 0. The van der Waals surface area contributed by atoms with E-state index in [1.54, 1.807) is 0 Å². The van der Waals surface area contributed by atoms with E-state index in [4.69, 9.17) is 14.5 Å². The molecular weight excluding hydrogens is 671 g/mol. The van der Waals surface area contributed by atoms with Crippen LogP contribution in [0.25, 0.3) is 55.5 Å².